The van der Waals surface area contributed by atoms with Gasteiger partial charge in [0.25, 0.3) is 0 Å². The Hall–Kier alpha value is -1.36. The van der Waals surface area contributed by atoms with Crippen molar-refractivity contribution in [3.63, 3.8) is 0 Å². The lowest BCUT2D eigenvalue weighted by molar-refractivity contribution is 0.202. The summed E-state index contributed by atoms with van der Waals surface area (Å²) in [5.41, 5.74) is 1.69. The molecule has 5 heteroatoms. The molecule has 21 heavy (non-hydrogen) atoms. The lowest BCUT2D eigenvalue weighted by Gasteiger charge is -2.15. The number of aromatic nitrogens is 1. The maximum absolute atomic E-state index is 5.86. The maximum Gasteiger partial charge on any atom is 0.228 e. The Labute approximate surface area is 136 Å². The van der Waals surface area contributed by atoms with E-state index < -0.39 is 0 Å². The first-order valence-corrected chi connectivity index (χ1v) is 7.96. The van der Waals surface area contributed by atoms with Crippen LogP contribution in [0, 0.1) is 6.92 Å². The molecule has 0 radical (unpaired) electrons. The van der Waals surface area contributed by atoms with Crippen LogP contribution in [0.2, 0.25) is 0 Å². The number of nitrogens with zero attached hydrogens (tertiary/aromatic N) is 3. The summed E-state index contributed by atoms with van der Waals surface area (Å²) < 4.78 is 6.69. The van der Waals surface area contributed by atoms with Crippen molar-refractivity contribution in [3.8, 4) is 5.88 Å². The fraction of sp³-hybridized carbons (Fsp3) is 0.500. The van der Waals surface area contributed by atoms with E-state index in [2.05, 4.69) is 39.4 Å². The third-order valence-electron chi connectivity index (χ3n) is 3.09. The maximum atomic E-state index is 5.86. The van der Waals surface area contributed by atoms with E-state index in [4.69, 9.17) is 4.74 Å². The van der Waals surface area contributed by atoms with Crippen LogP contribution >= 0.6 is 15.9 Å². The number of halogens is 1. The summed E-state index contributed by atoms with van der Waals surface area (Å²) in [6.45, 7) is 10.7. The average Bonchev–Trinajstić information content (AvgIpc) is 2.46. The van der Waals surface area contributed by atoms with Crippen molar-refractivity contribution in [2.75, 3.05) is 13.6 Å². The van der Waals surface area contributed by atoms with Gasteiger partial charge in [-0.3, -0.25) is 0 Å². The van der Waals surface area contributed by atoms with E-state index in [9.17, 15) is 0 Å². The van der Waals surface area contributed by atoms with Crippen molar-refractivity contribution in [1.82, 2.24) is 9.88 Å². The van der Waals surface area contributed by atoms with Crippen LogP contribution < -0.4 is 4.74 Å². The van der Waals surface area contributed by atoms with E-state index >= 15 is 0 Å². The van der Waals surface area contributed by atoms with Gasteiger partial charge in [-0.05, 0) is 55.6 Å². The van der Waals surface area contributed by atoms with Gasteiger partial charge < -0.3 is 9.64 Å². The van der Waals surface area contributed by atoms with Gasteiger partial charge in [0.05, 0.1) is 28.3 Å². The van der Waals surface area contributed by atoms with E-state index in [1.807, 2.05) is 44.3 Å². The summed E-state index contributed by atoms with van der Waals surface area (Å²) in [6.07, 6.45) is 5.67. The fourth-order valence-electron chi connectivity index (χ4n) is 1.61. The van der Waals surface area contributed by atoms with Crippen molar-refractivity contribution < 1.29 is 4.74 Å². The van der Waals surface area contributed by atoms with Crippen molar-refractivity contribution in [1.29, 1.82) is 0 Å². The molecule has 0 aromatic carbocycles. The second-order valence-electron chi connectivity index (χ2n) is 4.99. The molecule has 0 aliphatic carbocycles. The molecule has 0 bridgehead atoms. The first-order valence-electron chi connectivity index (χ1n) is 7.17. The number of allylic oxidation sites excluding steroid dienone is 1. The van der Waals surface area contributed by atoms with Gasteiger partial charge >= 0.3 is 0 Å². The molecule has 116 valence electrons. The molecule has 1 aromatic heterocycles. The van der Waals surface area contributed by atoms with Gasteiger partial charge in [0, 0.05) is 13.6 Å². The molecule has 0 saturated heterocycles. The quantitative estimate of drug-likeness (QED) is 0.392. The van der Waals surface area contributed by atoms with E-state index in [1.54, 1.807) is 0 Å². The number of ether oxygens (including phenoxy) is 1. The molecule has 4 nitrogen and oxygen atoms in total. The van der Waals surface area contributed by atoms with Crippen molar-refractivity contribution >= 4 is 28.0 Å². The van der Waals surface area contributed by atoms with Gasteiger partial charge in [0.15, 0.2) is 0 Å². The molecule has 0 aliphatic heterocycles. The Bertz CT molecular complexity index is 503. The summed E-state index contributed by atoms with van der Waals surface area (Å²) in [5.74, 6) is 0.617. The summed E-state index contributed by atoms with van der Waals surface area (Å²) >= 11 is 3.51. The summed E-state index contributed by atoms with van der Waals surface area (Å²) in [6, 6.07) is 1.94. The van der Waals surface area contributed by atoms with Crippen LogP contribution in [0.1, 0.15) is 32.4 Å². The number of aryl methyl sites for hydroxylation is 1. The Morgan fingerprint density at radius 2 is 2.29 bits per heavy atom. The first kappa shape index (κ1) is 17.7. The number of hydrogen-bond donors (Lipinski definition) is 0. The normalized spacial score (nSPS) is 12.4. The number of aliphatic imine (C=N–C) groups is 1. The smallest absolute Gasteiger partial charge is 0.228 e. The van der Waals surface area contributed by atoms with Gasteiger partial charge in [-0.25, -0.2) is 9.98 Å². The highest BCUT2D eigenvalue weighted by molar-refractivity contribution is 9.10. The predicted octanol–water partition coefficient (Wildman–Crippen LogP) is 4.50. The highest BCUT2D eigenvalue weighted by Gasteiger charge is 2.11. The molecule has 0 N–H and O–H groups in total. The first-order chi connectivity index (χ1) is 9.97. The zero-order valence-corrected chi connectivity index (χ0v) is 14.9. The molecule has 1 rings (SSSR count). The molecule has 1 aromatic rings. The predicted molar refractivity (Wildman–Crippen MR) is 92.7 cm³/mol. The van der Waals surface area contributed by atoms with Gasteiger partial charge in [-0.2, -0.15) is 0 Å². The second kappa shape index (κ2) is 8.82. The molecule has 0 amide bonds. The molecule has 1 heterocycles. The summed E-state index contributed by atoms with van der Waals surface area (Å²) in [5, 5.41) is 0. The number of hydrogen-bond acceptors (Lipinski definition) is 3. The monoisotopic (exact) mass is 353 g/mol. The molecule has 0 fully saturated rings. The van der Waals surface area contributed by atoms with Crippen LogP contribution in [-0.2, 0) is 0 Å². The lowest BCUT2D eigenvalue weighted by atomic mass is 10.2. The minimum atomic E-state index is 0.103. The van der Waals surface area contributed by atoms with Crippen molar-refractivity contribution in [2.24, 2.45) is 4.99 Å². The fourth-order valence-corrected chi connectivity index (χ4v) is 2.01. The molecular formula is C16H24BrN3O. The Balaban J connectivity index is 2.84. The highest BCUT2D eigenvalue weighted by Crippen LogP contribution is 2.30. The van der Waals surface area contributed by atoms with Crippen LogP contribution in [0.4, 0.5) is 5.69 Å². The summed E-state index contributed by atoms with van der Waals surface area (Å²) in [4.78, 5) is 11.0. The zero-order valence-electron chi connectivity index (χ0n) is 13.3. The third-order valence-corrected chi connectivity index (χ3v) is 3.66. The standard InChI is InChI=1S/C16H24BrN3O/c1-6-8-9-12(3)21-16-14(17)10-15(13(4)19-16)18-11-20(5)7-2/h6,10-12H,1,7-9H2,2-5H3/b18-11+/t12-/m1/s1. The Kier molecular flexibility index (Phi) is 7.43. The van der Waals surface area contributed by atoms with Crippen molar-refractivity contribution in [3.05, 3.63) is 28.9 Å². The van der Waals surface area contributed by atoms with E-state index in [-0.39, 0.29) is 6.10 Å². The lowest BCUT2D eigenvalue weighted by Crippen LogP contribution is -2.14. The van der Waals surface area contributed by atoms with Crippen LogP contribution in [0.25, 0.3) is 0 Å². The molecule has 0 saturated carbocycles. The minimum absolute atomic E-state index is 0.103. The molecule has 0 spiro atoms. The van der Waals surface area contributed by atoms with E-state index in [1.165, 1.54) is 0 Å². The molecule has 1 atom stereocenters. The second-order valence-corrected chi connectivity index (χ2v) is 5.85. The SMILES string of the molecule is C=CCC[C@@H](C)Oc1nc(C)c(/N=C/N(C)CC)cc1Br. The third kappa shape index (κ3) is 5.87. The van der Waals surface area contributed by atoms with Gasteiger partial charge in [0.1, 0.15) is 0 Å². The largest absolute Gasteiger partial charge is 0.474 e. The summed E-state index contributed by atoms with van der Waals surface area (Å²) in [7, 11) is 1.99. The Morgan fingerprint density at radius 3 is 2.90 bits per heavy atom. The van der Waals surface area contributed by atoms with Gasteiger partial charge in [-0.1, -0.05) is 6.08 Å². The van der Waals surface area contributed by atoms with Gasteiger partial charge in [-0.15, -0.1) is 6.58 Å². The van der Waals surface area contributed by atoms with Crippen LogP contribution in [0.3, 0.4) is 0 Å². The highest BCUT2D eigenvalue weighted by atomic mass is 79.9. The van der Waals surface area contributed by atoms with Crippen LogP contribution in [0.15, 0.2) is 28.2 Å². The Morgan fingerprint density at radius 1 is 1.57 bits per heavy atom. The van der Waals surface area contributed by atoms with Crippen LogP contribution in [0.5, 0.6) is 5.88 Å². The topological polar surface area (TPSA) is 37.7 Å². The number of pyridine rings is 1. The molecule has 0 aliphatic rings. The van der Waals surface area contributed by atoms with Crippen LogP contribution in [-0.4, -0.2) is 35.9 Å². The van der Waals surface area contributed by atoms with Crippen molar-refractivity contribution in [2.45, 2.75) is 39.7 Å². The number of rotatable bonds is 8. The van der Waals surface area contributed by atoms with Gasteiger partial charge in [0.2, 0.25) is 5.88 Å². The average molecular weight is 354 g/mol. The minimum Gasteiger partial charge on any atom is -0.474 e. The van der Waals surface area contributed by atoms with E-state index in [0.717, 1.165) is 35.2 Å². The van der Waals surface area contributed by atoms with E-state index in [0.29, 0.717) is 5.88 Å². The molecule has 0 unspecified atom stereocenters. The molecular weight excluding hydrogens is 330 g/mol. The zero-order chi connectivity index (χ0) is 15.8.